The normalized spacial score (nSPS) is 13.7. The maximum Gasteiger partial charge on any atom is 0.339 e. The van der Waals surface area contributed by atoms with Crippen LogP contribution in [-0.4, -0.2) is 6.73 Å². The molecule has 2 aromatic carbocycles. The van der Waals surface area contributed by atoms with Gasteiger partial charge in [0.05, 0.1) is 0 Å². The summed E-state index contributed by atoms with van der Waals surface area (Å²) >= 11 is 3.52. The van der Waals surface area contributed by atoms with Gasteiger partial charge in [-0.1, -0.05) is 22.0 Å². The number of nitrogens with zero attached hydrogens (tertiary/aromatic N) is 1. The van der Waals surface area contributed by atoms with Crippen LogP contribution in [0, 0.1) is 20.8 Å². The molecule has 0 atom stereocenters. The van der Waals surface area contributed by atoms with E-state index >= 15 is 0 Å². The first-order valence-corrected chi connectivity index (χ1v) is 8.95. The van der Waals surface area contributed by atoms with E-state index in [4.69, 9.17) is 9.15 Å². The second-order valence-electron chi connectivity index (χ2n) is 6.46. The van der Waals surface area contributed by atoms with Crippen molar-refractivity contribution in [1.82, 2.24) is 0 Å². The molecule has 128 valence electrons. The summed E-state index contributed by atoms with van der Waals surface area (Å²) in [4.78, 5) is 14.2. The molecule has 0 saturated carbocycles. The Bertz CT molecular complexity index is 1050. The van der Waals surface area contributed by atoms with Crippen LogP contribution in [0.2, 0.25) is 0 Å². The third-order valence-corrected chi connectivity index (χ3v) is 5.40. The van der Waals surface area contributed by atoms with Crippen molar-refractivity contribution in [3.05, 3.63) is 67.5 Å². The minimum absolute atomic E-state index is 0.278. The lowest BCUT2D eigenvalue weighted by Gasteiger charge is -2.32. The van der Waals surface area contributed by atoms with Crippen molar-refractivity contribution in [2.24, 2.45) is 0 Å². The van der Waals surface area contributed by atoms with Gasteiger partial charge >= 0.3 is 5.63 Å². The van der Waals surface area contributed by atoms with Crippen LogP contribution in [0.25, 0.3) is 11.0 Å². The van der Waals surface area contributed by atoms with Crippen molar-refractivity contribution < 1.29 is 9.15 Å². The van der Waals surface area contributed by atoms with E-state index in [1.807, 2.05) is 26.0 Å². The number of halogens is 1. The first-order chi connectivity index (χ1) is 12.0. The van der Waals surface area contributed by atoms with Crippen LogP contribution in [0.15, 0.2) is 44.0 Å². The van der Waals surface area contributed by atoms with E-state index in [1.165, 1.54) is 0 Å². The van der Waals surface area contributed by atoms with Crippen molar-refractivity contribution in [3.63, 3.8) is 0 Å². The lowest BCUT2D eigenvalue weighted by molar-refractivity contribution is 0.287. The minimum Gasteiger partial charge on any atom is -0.472 e. The van der Waals surface area contributed by atoms with Gasteiger partial charge in [-0.05, 0) is 50.6 Å². The van der Waals surface area contributed by atoms with Crippen LogP contribution in [0.4, 0.5) is 5.69 Å². The summed E-state index contributed by atoms with van der Waals surface area (Å²) < 4.78 is 12.6. The smallest absolute Gasteiger partial charge is 0.339 e. The molecule has 1 aliphatic rings. The predicted molar refractivity (Wildman–Crippen MR) is 103 cm³/mol. The molecule has 3 aromatic rings. The Balaban J connectivity index is 1.85. The van der Waals surface area contributed by atoms with Gasteiger partial charge in [0.2, 0.25) is 0 Å². The summed E-state index contributed by atoms with van der Waals surface area (Å²) in [5, 5.41) is 0.980. The summed E-state index contributed by atoms with van der Waals surface area (Å²) in [5.74, 6) is 0.824. The molecular weight excluding hydrogens is 382 g/mol. The molecule has 0 saturated heterocycles. The van der Waals surface area contributed by atoms with Gasteiger partial charge in [-0.2, -0.15) is 0 Å². The van der Waals surface area contributed by atoms with E-state index < -0.39 is 0 Å². The monoisotopic (exact) mass is 399 g/mol. The first kappa shape index (κ1) is 16.2. The standard InChI is InChI=1S/C20H18BrNO3/c1-11-12(2)20(23)25-19-13(3)18-14(7-17(11)19)9-22(10-24-18)16-6-4-5-15(21)8-16/h4-8H,9-10H2,1-3H3. The molecule has 4 rings (SSSR count). The second kappa shape index (κ2) is 5.92. The first-order valence-electron chi connectivity index (χ1n) is 8.15. The van der Waals surface area contributed by atoms with Gasteiger partial charge in [-0.25, -0.2) is 4.79 Å². The van der Waals surface area contributed by atoms with E-state index in [0.717, 1.165) is 44.5 Å². The molecule has 1 aromatic heterocycles. The van der Waals surface area contributed by atoms with Gasteiger partial charge in [0.15, 0.2) is 6.73 Å². The number of aryl methyl sites for hydroxylation is 2. The molecule has 0 spiro atoms. The Labute approximate surface area is 154 Å². The van der Waals surface area contributed by atoms with Crippen molar-refractivity contribution in [1.29, 1.82) is 0 Å². The van der Waals surface area contributed by atoms with Gasteiger partial charge in [0.1, 0.15) is 11.3 Å². The fourth-order valence-electron chi connectivity index (χ4n) is 3.34. The quantitative estimate of drug-likeness (QED) is 0.549. The minimum atomic E-state index is -0.278. The van der Waals surface area contributed by atoms with E-state index in [2.05, 4.69) is 39.0 Å². The Morgan fingerprint density at radius 3 is 2.64 bits per heavy atom. The van der Waals surface area contributed by atoms with Gasteiger partial charge < -0.3 is 14.1 Å². The SMILES string of the molecule is Cc1c(C)c2cc3c(c(C)c2oc1=O)OCN(c1cccc(Br)c1)C3. The highest BCUT2D eigenvalue weighted by molar-refractivity contribution is 9.10. The Morgan fingerprint density at radius 2 is 1.88 bits per heavy atom. The highest BCUT2D eigenvalue weighted by atomic mass is 79.9. The molecule has 25 heavy (non-hydrogen) atoms. The van der Waals surface area contributed by atoms with Crippen molar-refractivity contribution >= 4 is 32.6 Å². The highest BCUT2D eigenvalue weighted by Gasteiger charge is 2.23. The Hall–Kier alpha value is -2.27. The zero-order chi connectivity index (χ0) is 17.7. The molecule has 0 fully saturated rings. The summed E-state index contributed by atoms with van der Waals surface area (Å²) in [6, 6.07) is 10.3. The molecule has 0 bridgehead atoms. The van der Waals surface area contributed by atoms with Gasteiger partial charge in [-0.3, -0.25) is 0 Å². The van der Waals surface area contributed by atoms with E-state index in [0.29, 0.717) is 17.9 Å². The number of hydrogen-bond donors (Lipinski definition) is 0. The number of fused-ring (bicyclic) bond motifs is 2. The number of benzene rings is 2. The molecule has 4 nitrogen and oxygen atoms in total. The number of ether oxygens (including phenoxy) is 1. The van der Waals surface area contributed by atoms with Crippen molar-refractivity contribution in [2.45, 2.75) is 27.3 Å². The number of hydrogen-bond acceptors (Lipinski definition) is 4. The van der Waals surface area contributed by atoms with Crippen LogP contribution < -0.4 is 15.3 Å². The third-order valence-electron chi connectivity index (χ3n) is 4.90. The fraction of sp³-hybridized carbons (Fsp3) is 0.250. The van der Waals surface area contributed by atoms with Gasteiger partial charge in [-0.15, -0.1) is 0 Å². The number of anilines is 1. The number of rotatable bonds is 1. The predicted octanol–water partition coefficient (Wildman–Crippen LogP) is 4.84. The second-order valence-corrected chi connectivity index (χ2v) is 7.37. The summed E-state index contributed by atoms with van der Waals surface area (Å²) in [6.07, 6.45) is 0. The van der Waals surface area contributed by atoms with Crippen molar-refractivity contribution in [3.8, 4) is 5.75 Å². The molecule has 0 radical (unpaired) electrons. The van der Waals surface area contributed by atoms with E-state index in [1.54, 1.807) is 6.92 Å². The maximum absolute atomic E-state index is 12.0. The average Bonchev–Trinajstić information content (AvgIpc) is 2.61. The van der Waals surface area contributed by atoms with Gasteiger partial charge in [0, 0.05) is 38.8 Å². The summed E-state index contributed by atoms with van der Waals surface area (Å²) in [5.41, 5.74) is 5.07. The molecule has 0 N–H and O–H groups in total. The zero-order valence-corrected chi connectivity index (χ0v) is 15.9. The van der Waals surface area contributed by atoms with Crippen LogP contribution in [0.3, 0.4) is 0 Å². The topological polar surface area (TPSA) is 42.7 Å². The summed E-state index contributed by atoms with van der Waals surface area (Å²) in [7, 11) is 0. The molecule has 5 heteroatoms. The van der Waals surface area contributed by atoms with Crippen LogP contribution in [0.5, 0.6) is 5.75 Å². The molecule has 0 amide bonds. The fourth-order valence-corrected chi connectivity index (χ4v) is 3.72. The third kappa shape index (κ3) is 2.63. The molecule has 2 heterocycles. The largest absolute Gasteiger partial charge is 0.472 e. The molecule has 0 aliphatic carbocycles. The summed E-state index contributed by atoms with van der Waals surface area (Å²) in [6.45, 7) is 6.94. The highest BCUT2D eigenvalue weighted by Crippen LogP contribution is 2.37. The van der Waals surface area contributed by atoms with Crippen LogP contribution in [-0.2, 0) is 6.54 Å². The lowest BCUT2D eigenvalue weighted by atomic mass is 9.99. The molecule has 1 aliphatic heterocycles. The van der Waals surface area contributed by atoms with Crippen molar-refractivity contribution in [2.75, 3.05) is 11.6 Å². The Kier molecular flexibility index (Phi) is 3.84. The van der Waals surface area contributed by atoms with E-state index in [-0.39, 0.29) is 5.63 Å². The lowest BCUT2D eigenvalue weighted by Crippen LogP contribution is -2.32. The van der Waals surface area contributed by atoms with Gasteiger partial charge in [0.25, 0.3) is 0 Å². The molecular formula is C20H18BrNO3. The Morgan fingerprint density at radius 1 is 1.08 bits per heavy atom. The van der Waals surface area contributed by atoms with Crippen LogP contribution in [0.1, 0.15) is 22.3 Å². The molecule has 0 unspecified atom stereocenters. The van der Waals surface area contributed by atoms with E-state index in [9.17, 15) is 4.79 Å². The average molecular weight is 400 g/mol. The maximum atomic E-state index is 12.0. The van der Waals surface area contributed by atoms with Crippen LogP contribution >= 0.6 is 15.9 Å². The zero-order valence-electron chi connectivity index (χ0n) is 14.4.